The van der Waals surface area contributed by atoms with Gasteiger partial charge < -0.3 is 14.8 Å². The summed E-state index contributed by atoms with van der Waals surface area (Å²) in [5.41, 5.74) is 4.13. The van der Waals surface area contributed by atoms with Gasteiger partial charge in [0.1, 0.15) is 17.4 Å². The molecule has 2 N–H and O–H groups in total. The lowest BCUT2D eigenvalue weighted by molar-refractivity contribution is -0.384. The van der Waals surface area contributed by atoms with E-state index >= 15 is 0 Å². The number of rotatable bonds is 12. The molecule has 3 aromatic carbocycles. The van der Waals surface area contributed by atoms with Gasteiger partial charge in [0, 0.05) is 48.4 Å². The zero-order valence-corrected chi connectivity index (χ0v) is 21.0. The van der Waals surface area contributed by atoms with Crippen LogP contribution in [0, 0.1) is 10.1 Å². The van der Waals surface area contributed by atoms with Gasteiger partial charge in [0.25, 0.3) is 5.69 Å². The number of nitrogens with one attached hydrogen (secondary N) is 1. The first kappa shape index (κ1) is 26.2. The SMILES string of the molecule is C=Cc1[nH]c2cc(OCCN(Cc3ccccc3)CC(O)c3ccc(Cl)c([N+](=O)[O-])c3)ccc2c1C=C. The summed E-state index contributed by atoms with van der Waals surface area (Å²) in [6.45, 7) is 9.49. The molecule has 7 nitrogen and oxygen atoms in total. The van der Waals surface area contributed by atoms with Crippen LogP contribution < -0.4 is 4.74 Å². The Labute approximate surface area is 220 Å². The van der Waals surface area contributed by atoms with Crippen molar-refractivity contribution < 1.29 is 14.8 Å². The summed E-state index contributed by atoms with van der Waals surface area (Å²) in [7, 11) is 0. The Kier molecular flexibility index (Phi) is 8.40. The lowest BCUT2D eigenvalue weighted by Crippen LogP contribution is -2.32. The average molecular weight is 518 g/mol. The van der Waals surface area contributed by atoms with E-state index in [-0.39, 0.29) is 17.3 Å². The van der Waals surface area contributed by atoms with Crippen molar-refractivity contribution in [1.29, 1.82) is 0 Å². The fourth-order valence-electron chi connectivity index (χ4n) is 4.29. The van der Waals surface area contributed by atoms with E-state index in [2.05, 4.69) is 23.0 Å². The van der Waals surface area contributed by atoms with Crippen LogP contribution in [0.2, 0.25) is 5.02 Å². The third kappa shape index (κ3) is 6.27. The highest BCUT2D eigenvalue weighted by Gasteiger charge is 2.19. The minimum absolute atomic E-state index is 0.0370. The summed E-state index contributed by atoms with van der Waals surface area (Å²) >= 11 is 5.94. The first-order chi connectivity index (χ1) is 17.9. The summed E-state index contributed by atoms with van der Waals surface area (Å²) in [4.78, 5) is 16.1. The molecule has 37 heavy (non-hydrogen) atoms. The number of benzene rings is 3. The normalized spacial score (nSPS) is 12.0. The monoisotopic (exact) mass is 517 g/mol. The molecule has 0 saturated heterocycles. The predicted octanol–water partition coefficient (Wildman–Crippen LogP) is 6.63. The Morgan fingerprint density at radius 1 is 1.11 bits per heavy atom. The molecule has 1 unspecified atom stereocenters. The number of H-pyrrole nitrogens is 1. The summed E-state index contributed by atoms with van der Waals surface area (Å²) in [6.07, 6.45) is 2.63. The highest BCUT2D eigenvalue weighted by atomic mass is 35.5. The highest BCUT2D eigenvalue weighted by molar-refractivity contribution is 6.32. The number of aliphatic hydroxyl groups is 1. The molecule has 0 aliphatic heterocycles. The van der Waals surface area contributed by atoms with Crippen LogP contribution in [0.5, 0.6) is 5.75 Å². The zero-order valence-electron chi connectivity index (χ0n) is 20.3. The van der Waals surface area contributed by atoms with Gasteiger partial charge in [-0.15, -0.1) is 0 Å². The van der Waals surface area contributed by atoms with E-state index in [0.29, 0.717) is 31.0 Å². The zero-order chi connectivity index (χ0) is 26.4. The number of ether oxygens (including phenoxy) is 1. The van der Waals surface area contributed by atoms with Crippen LogP contribution >= 0.6 is 11.6 Å². The molecule has 1 aromatic heterocycles. The molecule has 0 aliphatic rings. The summed E-state index contributed by atoms with van der Waals surface area (Å²) in [6, 6.07) is 20.1. The molecule has 1 atom stereocenters. The van der Waals surface area contributed by atoms with Gasteiger partial charge in [-0.2, -0.15) is 0 Å². The first-order valence-corrected chi connectivity index (χ1v) is 12.2. The van der Waals surface area contributed by atoms with Gasteiger partial charge >= 0.3 is 0 Å². The number of hydrogen-bond donors (Lipinski definition) is 2. The number of fused-ring (bicyclic) bond motifs is 1. The second-order valence-corrected chi connectivity index (χ2v) is 9.03. The Bertz CT molecular complexity index is 1420. The summed E-state index contributed by atoms with van der Waals surface area (Å²) in [5, 5.41) is 23.3. The second-order valence-electron chi connectivity index (χ2n) is 8.62. The Morgan fingerprint density at radius 2 is 1.89 bits per heavy atom. The first-order valence-electron chi connectivity index (χ1n) is 11.8. The van der Waals surface area contributed by atoms with Crippen molar-refractivity contribution in [2.45, 2.75) is 12.6 Å². The number of nitro groups is 1. The topological polar surface area (TPSA) is 91.6 Å². The molecule has 0 bridgehead atoms. The van der Waals surface area contributed by atoms with Gasteiger partial charge in [0.05, 0.1) is 16.5 Å². The number of aliphatic hydroxyl groups excluding tert-OH is 1. The van der Waals surface area contributed by atoms with Crippen molar-refractivity contribution in [3.05, 3.63) is 117 Å². The highest BCUT2D eigenvalue weighted by Crippen LogP contribution is 2.29. The number of aromatic amines is 1. The van der Waals surface area contributed by atoms with Crippen molar-refractivity contribution in [3.8, 4) is 5.75 Å². The number of nitrogens with zero attached hydrogens (tertiary/aromatic N) is 2. The molecule has 0 fully saturated rings. The minimum Gasteiger partial charge on any atom is -0.492 e. The fraction of sp³-hybridized carbons (Fsp3) is 0.172. The maximum Gasteiger partial charge on any atom is 0.288 e. The summed E-state index contributed by atoms with van der Waals surface area (Å²) < 4.78 is 6.05. The van der Waals surface area contributed by atoms with Gasteiger partial charge in [-0.25, -0.2) is 0 Å². The van der Waals surface area contributed by atoms with Gasteiger partial charge in [0.2, 0.25) is 0 Å². The van der Waals surface area contributed by atoms with Crippen LogP contribution in [0.1, 0.15) is 28.5 Å². The molecule has 4 rings (SSSR count). The van der Waals surface area contributed by atoms with Crippen LogP contribution in [-0.2, 0) is 6.54 Å². The van der Waals surface area contributed by atoms with Crippen molar-refractivity contribution >= 4 is 40.3 Å². The largest absolute Gasteiger partial charge is 0.492 e. The van der Waals surface area contributed by atoms with E-state index in [1.54, 1.807) is 18.2 Å². The predicted molar refractivity (Wildman–Crippen MR) is 149 cm³/mol. The van der Waals surface area contributed by atoms with Crippen LogP contribution in [0.15, 0.2) is 79.9 Å². The van der Waals surface area contributed by atoms with E-state index in [4.69, 9.17) is 16.3 Å². The van der Waals surface area contributed by atoms with Crippen LogP contribution in [-0.4, -0.2) is 39.6 Å². The standard InChI is InChI=1S/C29H28ClN3O4/c1-3-23-24-12-11-22(17-27(24)31-26(23)4-2)37-15-14-32(18-20-8-6-5-7-9-20)19-29(34)21-10-13-25(30)28(16-21)33(35)36/h3-13,16-17,29,31,34H,1-2,14-15,18-19H2. The average Bonchev–Trinajstić information content (AvgIpc) is 3.26. The molecule has 0 spiro atoms. The van der Waals surface area contributed by atoms with E-state index in [0.717, 1.165) is 27.7 Å². The van der Waals surface area contributed by atoms with Gasteiger partial charge in [0.15, 0.2) is 0 Å². The molecule has 4 aromatic rings. The number of aromatic nitrogens is 1. The molecule has 0 saturated carbocycles. The second kappa shape index (κ2) is 11.9. The number of hydrogen-bond acceptors (Lipinski definition) is 5. The number of nitro benzene ring substituents is 1. The molecular formula is C29H28ClN3O4. The third-order valence-electron chi connectivity index (χ3n) is 6.16. The minimum atomic E-state index is -0.940. The molecule has 190 valence electrons. The van der Waals surface area contributed by atoms with E-state index in [1.807, 2.05) is 48.5 Å². The lowest BCUT2D eigenvalue weighted by atomic mass is 10.1. The lowest BCUT2D eigenvalue weighted by Gasteiger charge is -2.25. The van der Waals surface area contributed by atoms with Crippen molar-refractivity contribution in [2.75, 3.05) is 19.7 Å². The third-order valence-corrected chi connectivity index (χ3v) is 6.48. The van der Waals surface area contributed by atoms with Crippen LogP contribution in [0.3, 0.4) is 0 Å². The Morgan fingerprint density at radius 3 is 2.59 bits per heavy atom. The maximum absolute atomic E-state index is 11.3. The summed E-state index contributed by atoms with van der Waals surface area (Å²) in [5.74, 6) is 0.716. The fourth-order valence-corrected chi connectivity index (χ4v) is 4.47. The number of halogens is 1. The maximum atomic E-state index is 11.3. The Hall–Kier alpha value is -3.91. The van der Waals surface area contributed by atoms with Crippen molar-refractivity contribution in [3.63, 3.8) is 0 Å². The van der Waals surface area contributed by atoms with Crippen molar-refractivity contribution in [1.82, 2.24) is 9.88 Å². The quantitative estimate of drug-likeness (QED) is 0.162. The molecule has 0 radical (unpaired) electrons. The van der Waals surface area contributed by atoms with Crippen molar-refractivity contribution in [2.24, 2.45) is 0 Å². The van der Waals surface area contributed by atoms with Gasteiger partial charge in [-0.1, -0.05) is 67.2 Å². The van der Waals surface area contributed by atoms with E-state index < -0.39 is 11.0 Å². The molecular weight excluding hydrogens is 490 g/mol. The Balaban J connectivity index is 1.47. The molecule has 8 heteroatoms. The molecule has 0 aliphatic carbocycles. The van der Waals surface area contributed by atoms with Gasteiger partial charge in [-0.3, -0.25) is 15.0 Å². The van der Waals surface area contributed by atoms with Crippen LogP contribution in [0.4, 0.5) is 5.69 Å². The smallest absolute Gasteiger partial charge is 0.288 e. The molecule has 1 heterocycles. The van der Waals surface area contributed by atoms with Crippen LogP contribution in [0.25, 0.3) is 23.1 Å². The van der Waals surface area contributed by atoms with Gasteiger partial charge in [-0.05, 0) is 35.4 Å². The van der Waals surface area contributed by atoms with E-state index in [1.165, 1.54) is 12.1 Å². The van der Waals surface area contributed by atoms with E-state index in [9.17, 15) is 15.2 Å². The molecule has 0 amide bonds.